The van der Waals surface area contributed by atoms with E-state index in [0.717, 1.165) is 19.6 Å². The molecular formula is C10H19N3O3S. The molecule has 0 spiro atoms. The summed E-state index contributed by atoms with van der Waals surface area (Å²) in [7, 11) is -2.99. The summed E-state index contributed by atoms with van der Waals surface area (Å²) in [5, 5.41) is 3.24. The van der Waals surface area contributed by atoms with Crippen molar-refractivity contribution in [3.63, 3.8) is 0 Å². The summed E-state index contributed by atoms with van der Waals surface area (Å²) in [5.74, 6) is 0.215. The summed E-state index contributed by atoms with van der Waals surface area (Å²) >= 11 is 0. The summed E-state index contributed by atoms with van der Waals surface area (Å²) in [6, 6.07) is 0.198. The van der Waals surface area contributed by atoms with Gasteiger partial charge in [0.1, 0.15) is 0 Å². The van der Waals surface area contributed by atoms with Gasteiger partial charge in [-0.05, 0) is 0 Å². The van der Waals surface area contributed by atoms with E-state index in [0.29, 0.717) is 13.1 Å². The molecule has 1 N–H and O–H groups in total. The van der Waals surface area contributed by atoms with Crippen molar-refractivity contribution < 1.29 is 13.2 Å². The Balaban J connectivity index is 1.93. The molecule has 2 amide bonds. The molecule has 2 saturated heterocycles. The minimum absolute atomic E-state index is 0.0113. The molecule has 2 heterocycles. The number of carbonyl (C=O) groups is 1. The molecular weight excluding hydrogens is 242 g/mol. The van der Waals surface area contributed by atoms with Gasteiger partial charge in [0.25, 0.3) is 0 Å². The molecule has 0 aromatic rings. The number of urea groups is 1. The van der Waals surface area contributed by atoms with Crippen LogP contribution in [0.3, 0.4) is 0 Å². The maximum atomic E-state index is 12.0. The fourth-order valence-electron chi connectivity index (χ4n) is 2.27. The number of fused-ring (bicyclic) bond motifs is 1. The van der Waals surface area contributed by atoms with Crippen LogP contribution in [0.25, 0.3) is 0 Å². The average molecular weight is 261 g/mol. The number of hydrogen-bond donors (Lipinski definition) is 1. The Morgan fingerprint density at radius 3 is 2.88 bits per heavy atom. The fourth-order valence-corrected chi connectivity index (χ4v) is 3.06. The van der Waals surface area contributed by atoms with Crippen molar-refractivity contribution in [2.24, 2.45) is 0 Å². The summed E-state index contributed by atoms with van der Waals surface area (Å²) in [4.78, 5) is 15.5. The lowest BCUT2D eigenvalue weighted by Gasteiger charge is -2.28. The Labute approximate surface area is 102 Å². The van der Waals surface area contributed by atoms with Crippen LogP contribution >= 0.6 is 0 Å². The summed E-state index contributed by atoms with van der Waals surface area (Å²) in [6.45, 7) is 4.95. The lowest BCUT2D eigenvalue weighted by atomic mass is 10.2. The summed E-state index contributed by atoms with van der Waals surface area (Å²) in [6.07, 6.45) is 0. The van der Waals surface area contributed by atoms with Gasteiger partial charge in [0, 0.05) is 38.5 Å². The molecule has 6 nitrogen and oxygen atoms in total. The largest absolute Gasteiger partial charge is 0.322 e. The zero-order valence-electron chi connectivity index (χ0n) is 10.1. The van der Waals surface area contributed by atoms with Crippen molar-refractivity contribution in [1.29, 1.82) is 0 Å². The molecule has 2 rings (SSSR count). The number of hydrogen-bond acceptors (Lipinski definition) is 4. The quantitative estimate of drug-likeness (QED) is 0.714. The van der Waals surface area contributed by atoms with Gasteiger partial charge < -0.3 is 15.1 Å². The maximum Gasteiger partial charge on any atom is 0.320 e. The first-order chi connectivity index (χ1) is 8.03. The van der Waals surface area contributed by atoms with Gasteiger partial charge in [0.15, 0.2) is 9.84 Å². The van der Waals surface area contributed by atoms with Gasteiger partial charge >= 0.3 is 6.03 Å². The van der Waals surface area contributed by atoms with E-state index < -0.39 is 9.84 Å². The van der Waals surface area contributed by atoms with Crippen LogP contribution in [0.4, 0.5) is 4.79 Å². The third-order valence-electron chi connectivity index (χ3n) is 3.41. The Morgan fingerprint density at radius 1 is 1.47 bits per heavy atom. The third kappa shape index (κ3) is 2.71. The minimum Gasteiger partial charge on any atom is -0.322 e. The van der Waals surface area contributed by atoms with Crippen LogP contribution in [0, 0.1) is 0 Å². The van der Waals surface area contributed by atoms with Gasteiger partial charge in [-0.15, -0.1) is 0 Å². The van der Waals surface area contributed by atoms with E-state index in [9.17, 15) is 13.2 Å². The molecule has 7 heteroatoms. The van der Waals surface area contributed by atoms with Gasteiger partial charge in [0.2, 0.25) is 0 Å². The van der Waals surface area contributed by atoms with E-state index in [1.54, 1.807) is 11.8 Å². The van der Waals surface area contributed by atoms with Crippen molar-refractivity contribution in [2.45, 2.75) is 13.0 Å². The third-order valence-corrected chi connectivity index (χ3v) is 5.09. The zero-order valence-corrected chi connectivity index (χ0v) is 10.9. The maximum absolute atomic E-state index is 12.0. The number of carbonyl (C=O) groups excluding carboxylic acids is 1. The fraction of sp³-hybridized carbons (Fsp3) is 0.900. The number of amides is 2. The highest BCUT2D eigenvalue weighted by molar-refractivity contribution is 7.91. The normalized spacial score (nSPS) is 25.2. The topological polar surface area (TPSA) is 69.7 Å². The van der Waals surface area contributed by atoms with Crippen LogP contribution in [-0.2, 0) is 9.84 Å². The highest BCUT2D eigenvalue weighted by Crippen LogP contribution is 2.17. The Kier molecular flexibility index (Phi) is 3.58. The smallest absolute Gasteiger partial charge is 0.320 e. The second kappa shape index (κ2) is 4.81. The molecule has 0 radical (unpaired) electrons. The molecule has 98 valence electrons. The Morgan fingerprint density at radius 2 is 2.24 bits per heavy atom. The van der Waals surface area contributed by atoms with E-state index in [1.165, 1.54) is 0 Å². The molecule has 2 fully saturated rings. The van der Waals surface area contributed by atoms with E-state index in [4.69, 9.17) is 0 Å². The second-order valence-corrected chi connectivity index (χ2v) is 6.99. The standard InChI is InChI=1S/C10H19N3O3S/c1-2-17(15,16)6-5-12-8-9-7-11-3-4-13(9)10(12)14/h9,11H,2-8H2,1H3. The van der Waals surface area contributed by atoms with Crippen molar-refractivity contribution >= 4 is 15.9 Å². The van der Waals surface area contributed by atoms with E-state index in [2.05, 4.69) is 5.32 Å². The monoisotopic (exact) mass is 261 g/mol. The molecule has 1 atom stereocenters. The predicted molar refractivity (Wildman–Crippen MR) is 64.7 cm³/mol. The number of rotatable bonds is 4. The predicted octanol–water partition coefficient (Wildman–Crippen LogP) is -0.869. The van der Waals surface area contributed by atoms with Crippen LogP contribution in [-0.4, -0.2) is 74.5 Å². The molecule has 2 aliphatic rings. The van der Waals surface area contributed by atoms with E-state index in [-0.39, 0.29) is 23.6 Å². The minimum atomic E-state index is -2.99. The SMILES string of the molecule is CCS(=O)(=O)CCN1CC2CNCCN2C1=O. The van der Waals surface area contributed by atoms with Gasteiger partial charge in [-0.2, -0.15) is 0 Å². The van der Waals surface area contributed by atoms with Crippen LogP contribution in [0.2, 0.25) is 0 Å². The molecule has 1 unspecified atom stereocenters. The van der Waals surface area contributed by atoms with Crippen LogP contribution in [0.5, 0.6) is 0 Å². The van der Waals surface area contributed by atoms with Crippen molar-refractivity contribution in [2.75, 3.05) is 44.2 Å². The lowest BCUT2D eigenvalue weighted by Crippen LogP contribution is -2.49. The van der Waals surface area contributed by atoms with Gasteiger partial charge in [0.05, 0.1) is 11.8 Å². The molecule has 0 saturated carbocycles. The highest BCUT2D eigenvalue weighted by Gasteiger charge is 2.38. The van der Waals surface area contributed by atoms with Crippen LogP contribution in [0.1, 0.15) is 6.92 Å². The number of piperazine rings is 1. The number of sulfone groups is 1. The molecule has 0 aromatic carbocycles. The molecule has 0 aromatic heterocycles. The van der Waals surface area contributed by atoms with Crippen molar-refractivity contribution in [1.82, 2.24) is 15.1 Å². The van der Waals surface area contributed by atoms with E-state index >= 15 is 0 Å². The first-order valence-corrected chi connectivity index (χ1v) is 7.82. The molecule has 0 aliphatic carbocycles. The summed E-state index contributed by atoms with van der Waals surface area (Å²) < 4.78 is 22.8. The van der Waals surface area contributed by atoms with Crippen LogP contribution < -0.4 is 5.32 Å². The van der Waals surface area contributed by atoms with E-state index in [1.807, 2.05) is 4.90 Å². The van der Waals surface area contributed by atoms with Crippen LogP contribution in [0.15, 0.2) is 0 Å². The highest BCUT2D eigenvalue weighted by atomic mass is 32.2. The summed E-state index contributed by atoms with van der Waals surface area (Å²) in [5.41, 5.74) is 0. The second-order valence-electron chi connectivity index (χ2n) is 4.52. The Bertz CT molecular complexity index is 396. The molecule has 2 aliphatic heterocycles. The Hall–Kier alpha value is -0.820. The number of nitrogens with one attached hydrogen (secondary N) is 1. The van der Waals surface area contributed by atoms with Gasteiger partial charge in [-0.3, -0.25) is 0 Å². The molecule has 0 bridgehead atoms. The first-order valence-electron chi connectivity index (χ1n) is 6.00. The number of nitrogens with zero attached hydrogens (tertiary/aromatic N) is 2. The van der Waals surface area contributed by atoms with Crippen molar-refractivity contribution in [3.05, 3.63) is 0 Å². The van der Waals surface area contributed by atoms with Gasteiger partial charge in [-0.1, -0.05) is 6.92 Å². The molecule has 17 heavy (non-hydrogen) atoms. The zero-order chi connectivity index (χ0) is 12.5. The first kappa shape index (κ1) is 12.6. The van der Waals surface area contributed by atoms with Gasteiger partial charge in [-0.25, -0.2) is 13.2 Å². The lowest BCUT2D eigenvalue weighted by molar-refractivity contribution is 0.180. The van der Waals surface area contributed by atoms with Crippen molar-refractivity contribution in [3.8, 4) is 0 Å². The average Bonchev–Trinajstić information content (AvgIpc) is 2.65.